The van der Waals surface area contributed by atoms with E-state index < -0.39 is 11.9 Å². The summed E-state index contributed by atoms with van der Waals surface area (Å²) < 4.78 is 4.67. The van der Waals surface area contributed by atoms with Crippen LogP contribution in [0, 0.1) is 0 Å². The van der Waals surface area contributed by atoms with Crippen molar-refractivity contribution in [1.29, 1.82) is 0 Å². The van der Waals surface area contributed by atoms with E-state index in [-0.39, 0.29) is 19.3 Å². The largest absolute Gasteiger partial charge is 0.481 e. The highest BCUT2D eigenvalue weighted by Gasteiger charge is 2.10. The number of rotatable bonds is 6. The molecule has 82 valence electrons. The second-order valence-electron chi connectivity index (χ2n) is 3.07. The second kappa shape index (κ2) is 5.14. The first-order valence-electron chi connectivity index (χ1n) is 4.45. The molecule has 0 saturated heterocycles. The van der Waals surface area contributed by atoms with Gasteiger partial charge in [0.2, 0.25) is 0 Å². The molecule has 0 unspecified atom stereocenters. The molecule has 6 nitrogen and oxygen atoms in total. The van der Waals surface area contributed by atoms with Crippen LogP contribution in [-0.2, 0) is 22.4 Å². The maximum atomic E-state index is 10.3. The number of nitrogens with zero attached hydrogens (tertiary/aromatic N) is 1. The summed E-state index contributed by atoms with van der Waals surface area (Å²) in [6.45, 7) is 0. The summed E-state index contributed by atoms with van der Waals surface area (Å²) in [5.74, 6) is -1.82. The Morgan fingerprint density at radius 1 is 1.20 bits per heavy atom. The highest BCUT2D eigenvalue weighted by molar-refractivity contribution is 5.67. The van der Waals surface area contributed by atoms with Crippen molar-refractivity contribution in [2.75, 3.05) is 0 Å². The first-order chi connectivity index (χ1) is 7.09. The van der Waals surface area contributed by atoms with E-state index in [2.05, 4.69) is 9.68 Å². The summed E-state index contributed by atoms with van der Waals surface area (Å²) in [7, 11) is 0. The van der Waals surface area contributed by atoms with Crippen LogP contribution in [0.1, 0.15) is 24.1 Å². The van der Waals surface area contributed by atoms with E-state index in [1.54, 1.807) is 0 Å². The van der Waals surface area contributed by atoms with Gasteiger partial charge in [0.1, 0.15) is 6.26 Å². The number of hydrogen-bond acceptors (Lipinski definition) is 4. The maximum Gasteiger partial charge on any atom is 0.303 e. The van der Waals surface area contributed by atoms with Crippen molar-refractivity contribution in [2.24, 2.45) is 0 Å². The lowest BCUT2D eigenvalue weighted by Gasteiger charge is -1.96. The van der Waals surface area contributed by atoms with Crippen LogP contribution in [0.3, 0.4) is 0 Å². The van der Waals surface area contributed by atoms with Crippen LogP contribution in [0.2, 0.25) is 0 Å². The van der Waals surface area contributed by atoms with Crippen molar-refractivity contribution < 1.29 is 24.3 Å². The van der Waals surface area contributed by atoms with Gasteiger partial charge in [0.05, 0.1) is 12.1 Å². The smallest absolute Gasteiger partial charge is 0.303 e. The highest BCUT2D eigenvalue weighted by atomic mass is 16.5. The third-order valence-corrected chi connectivity index (χ3v) is 1.91. The third kappa shape index (κ3) is 3.80. The quantitative estimate of drug-likeness (QED) is 0.721. The zero-order valence-electron chi connectivity index (χ0n) is 7.97. The summed E-state index contributed by atoms with van der Waals surface area (Å²) in [6, 6.07) is 0. The van der Waals surface area contributed by atoms with E-state index in [0.29, 0.717) is 17.7 Å². The summed E-state index contributed by atoms with van der Waals surface area (Å²) in [6.07, 6.45) is 1.89. The van der Waals surface area contributed by atoms with Gasteiger partial charge in [-0.05, 0) is 6.42 Å². The summed E-state index contributed by atoms with van der Waals surface area (Å²) in [5, 5.41) is 20.6. The first-order valence-corrected chi connectivity index (χ1v) is 4.45. The van der Waals surface area contributed by atoms with Gasteiger partial charge in [-0.1, -0.05) is 5.16 Å². The SMILES string of the molecule is O=C(O)CCc1conc1CCC(=O)O. The highest BCUT2D eigenvalue weighted by Crippen LogP contribution is 2.11. The molecule has 0 saturated carbocycles. The van der Waals surface area contributed by atoms with Crippen LogP contribution in [0.25, 0.3) is 0 Å². The van der Waals surface area contributed by atoms with E-state index in [0.717, 1.165) is 0 Å². The zero-order chi connectivity index (χ0) is 11.3. The molecule has 0 fully saturated rings. The van der Waals surface area contributed by atoms with Gasteiger partial charge < -0.3 is 14.7 Å². The number of hydrogen-bond donors (Lipinski definition) is 2. The fourth-order valence-electron chi connectivity index (χ4n) is 1.16. The van der Waals surface area contributed by atoms with Crippen LogP contribution in [0.4, 0.5) is 0 Å². The summed E-state index contributed by atoms with van der Waals surface area (Å²) in [4.78, 5) is 20.6. The van der Waals surface area contributed by atoms with Crippen LogP contribution in [0.15, 0.2) is 10.8 Å². The second-order valence-corrected chi connectivity index (χ2v) is 3.07. The van der Waals surface area contributed by atoms with Crippen LogP contribution in [-0.4, -0.2) is 27.3 Å². The average molecular weight is 213 g/mol. The summed E-state index contributed by atoms with van der Waals surface area (Å²) in [5.41, 5.74) is 1.19. The summed E-state index contributed by atoms with van der Waals surface area (Å²) >= 11 is 0. The Morgan fingerprint density at radius 2 is 1.80 bits per heavy atom. The predicted molar refractivity (Wildman–Crippen MR) is 48.4 cm³/mol. The van der Waals surface area contributed by atoms with Crippen molar-refractivity contribution >= 4 is 11.9 Å². The van der Waals surface area contributed by atoms with Crippen molar-refractivity contribution in [1.82, 2.24) is 5.16 Å². The predicted octanol–water partition coefficient (Wildman–Crippen LogP) is 0.709. The molecule has 1 aromatic heterocycles. The van der Waals surface area contributed by atoms with E-state index >= 15 is 0 Å². The molecule has 1 rings (SSSR count). The molecular weight excluding hydrogens is 202 g/mol. The Labute approximate surface area is 85.5 Å². The maximum absolute atomic E-state index is 10.3. The molecule has 0 bridgehead atoms. The number of carboxylic acids is 2. The number of carboxylic acid groups (broad SMARTS) is 2. The van der Waals surface area contributed by atoms with Gasteiger partial charge in [0.15, 0.2) is 0 Å². The molecule has 2 N–H and O–H groups in total. The van der Waals surface area contributed by atoms with Crippen LogP contribution in [0.5, 0.6) is 0 Å². The molecule has 6 heteroatoms. The van der Waals surface area contributed by atoms with Crippen LogP contribution < -0.4 is 0 Å². The number of carbonyl (C=O) groups is 2. The molecule has 0 spiro atoms. The molecule has 1 aromatic rings. The van der Waals surface area contributed by atoms with Gasteiger partial charge in [0.25, 0.3) is 0 Å². The van der Waals surface area contributed by atoms with E-state index in [9.17, 15) is 9.59 Å². The molecule has 0 amide bonds. The minimum Gasteiger partial charge on any atom is -0.481 e. The Balaban J connectivity index is 2.53. The van der Waals surface area contributed by atoms with Gasteiger partial charge in [-0.25, -0.2) is 0 Å². The molecule has 0 aromatic carbocycles. The van der Waals surface area contributed by atoms with Crippen molar-refractivity contribution in [3.63, 3.8) is 0 Å². The molecular formula is C9H11NO5. The lowest BCUT2D eigenvalue weighted by Crippen LogP contribution is -2.02. The number of aryl methyl sites for hydroxylation is 2. The molecule has 0 aliphatic rings. The fourth-order valence-corrected chi connectivity index (χ4v) is 1.16. The van der Waals surface area contributed by atoms with Gasteiger partial charge in [0, 0.05) is 18.4 Å². The van der Waals surface area contributed by atoms with Crippen molar-refractivity contribution in [2.45, 2.75) is 25.7 Å². The minimum absolute atomic E-state index is 0.0126. The number of aliphatic carboxylic acids is 2. The van der Waals surface area contributed by atoms with Crippen molar-refractivity contribution in [3.8, 4) is 0 Å². The lowest BCUT2D eigenvalue weighted by atomic mass is 10.1. The normalized spacial score (nSPS) is 10.1. The Hall–Kier alpha value is -1.85. The standard InChI is InChI=1S/C9H11NO5/c11-8(12)3-1-6-5-15-10-7(6)2-4-9(13)14/h5H,1-4H2,(H,11,12)(H,13,14). The lowest BCUT2D eigenvalue weighted by molar-refractivity contribution is -0.138. The molecule has 15 heavy (non-hydrogen) atoms. The van der Waals surface area contributed by atoms with E-state index in [1.807, 2.05) is 0 Å². The van der Waals surface area contributed by atoms with Crippen molar-refractivity contribution in [3.05, 3.63) is 17.5 Å². The Kier molecular flexibility index (Phi) is 3.84. The van der Waals surface area contributed by atoms with Gasteiger partial charge in [-0.2, -0.15) is 0 Å². The topological polar surface area (TPSA) is 101 Å². The van der Waals surface area contributed by atoms with Crippen LogP contribution >= 0.6 is 0 Å². The Bertz CT molecular complexity index is 325. The van der Waals surface area contributed by atoms with E-state index in [4.69, 9.17) is 10.2 Å². The third-order valence-electron chi connectivity index (χ3n) is 1.91. The zero-order valence-corrected chi connectivity index (χ0v) is 7.97. The van der Waals surface area contributed by atoms with Gasteiger partial charge >= 0.3 is 11.9 Å². The van der Waals surface area contributed by atoms with E-state index in [1.165, 1.54) is 6.26 Å². The Morgan fingerprint density at radius 3 is 2.40 bits per heavy atom. The molecule has 0 aliphatic heterocycles. The number of aromatic nitrogens is 1. The molecule has 1 heterocycles. The minimum atomic E-state index is -0.915. The molecule has 0 aliphatic carbocycles. The first kappa shape index (κ1) is 11.2. The average Bonchev–Trinajstić information content (AvgIpc) is 2.58. The fraction of sp³-hybridized carbons (Fsp3) is 0.444. The van der Waals surface area contributed by atoms with Gasteiger partial charge in [-0.3, -0.25) is 9.59 Å². The molecule has 0 atom stereocenters. The van der Waals surface area contributed by atoms with Gasteiger partial charge in [-0.15, -0.1) is 0 Å². The molecule has 0 radical (unpaired) electrons. The monoisotopic (exact) mass is 213 g/mol.